The van der Waals surface area contributed by atoms with Crippen molar-refractivity contribution >= 4 is 96.9 Å². The highest BCUT2D eigenvalue weighted by molar-refractivity contribution is 14.1. The van der Waals surface area contributed by atoms with Crippen LogP contribution in [0.25, 0.3) is 0 Å². The summed E-state index contributed by atoms with van der Waals surface area (Å²) in [5, 5.41) is 50.6. The Hall–Kier alpha value is -0.380. The van der Waals surface area contributed by atoms with Crippen LogP contribution >= 0.6 is 67.8 Å². The van der Waals surface area contributed by atoms with E-state index in [1.54, 1.807) is 0 Å². The molecule has 0 heterocycles. The molecule has 186 valence electrons. The summed E-state index contributed by atoms with van der Waals surface area (Å²) in [7, 11) is 1.50. The van der Waals surface area contributed by atoms with Crippen LogP contribution in [0.15, 0.2) is 0 Å². The molecule has 1 atom stereocenters. The fraction of sp³-hybridized carbons (Fsp3) is 0.526. The van der Waals surface area contributed by atoms with Gasteiger partial charge in [-0.3, -0.25) is 14.4 Å². The van der Waals surface area contributed by atoms with Gasteiger partial charge < -0.3 is 40.6 Å². The van der Waals surface area contributed by atoms with Crippen molar-refractivity contribution in [1.29, 1.82) is 0 Å². The molecule has 11 nitrogen and oxygen atoms in total. The second-order valence-corrected chi connectivity index (χ2v) is 10.5. The van der Waals surface area contributed by atoms with Gasteiger partial charge in [-0.25, -0.2) is 0 Å². The van der Waals surface area contributed by atoms with Crippen LogP contribution in [0.1, 0.15) is 24.2 Å². The van der Waals surface area contributed by atoms with Crippen LogP contribution in [-0.4, -0.2) is 94.9 Å². The first-order valence-electron chi connectivity index (χ1n) is 9.49. The maximum Gasteiger partial charge on any atom is 0.254 e. The monoisotopic (exact) mass is 805 g/mol. The Kier molecular flexibility index (Phi) is 12.1. The molecule has 1 unspecified atom stereocenters. The molecule has 1 aromatic carbocycles. The van der Waals surface area contributed by atoms with E-state index in [-0.39, 0.29) is 23.7 Å². The second kappa shape index (κ2) is 13.1. The molecule has 6 N–H and O–H groups in total. The zero-order valence-electron chi connectivity index (χ0n) is 18.1. The van der Waals surface area contributed by atoms with Gasteiger partial charge in [0.15, 0.2) is 0 Å². The van der Waals surface area contributed by atoms with Crippen molar-refractivity contribution in [2.24, 2.45) is 0 Å². The third kappa shape index (κ3) is 6.85. The molecule has 0 aromatic heterocycles. The third-order valence-corrected chi connectivity index (χ3v) is 7.97. The van der Waals surface area contributed by atoms with Gasteiger partial charge in [-0.2, -0.15) is 0 Å². The van der Waals surface area contributed by atoms with Gasteiger partial charge in [0.2, 0.25) is 11.8 Å². The highest BCUT2D eigenvalue weighted by Crippen LogP contribution is 2.42. The van der Waals surface area contributed by atoms with E-state index in [1.165, 1.54) is 30.7 Å². The molecule has 0 fully saturated rings. The van der Waals surface area contributed by atoms with Crippen LogP contribution in [0.2, 0.25) is 0 Å². The summed E-state index contributed by atoms with van der Waals surface area (Å²) in [6, 6.07) is 0. The molecule has 0 aliphatic heterocycles. The zero-order valence-corrected chi connectivity index (χ0v) is 24.6. The van der Waals surface area contributed by atoms with E-state index in [0.717, 1.165) is 0 Å². The molecule has 1 rings (SSSR count). The van der Waals surface area contributed by atoms with Crippen molar-refractivity contribution in [3.05, 3.63) is 16.3 Å². The number of anilines is 2. The number of carbonyl (C=O) groups excluding carboxylic acids is 3. The Morgan fingerprint density at radius 1 is 0.909 bits per heavy atom. The van der Waals surface area contributed by atoms with Crippen molar-refractivity contribution < 1.29 is 39.9 Å². The van der Waals surface area contributed by atoms with Gasteiger partial charge in [-0.15, -0.1) is 0 Å². The summed E-state index contributed by atoms with van der Waals surface area (Å²) in [6.45, 7) is -0.486. The van der Waals surface area contributed by atoms with E-state index in [0.29, 0.717) is 16.4 Å². The summed E-state index contributed by atoms with van der Waals surface area (Å²) in [6.07, 6.45) is -1.25. The zero-order chi connectivity index (χ0) is 25.7. The molecule has 0 aliphatic rings. The predicted molar refractivity (Wildman–Crippen MR) is 146 cm³/mol. The number of rotatable bonds is 10. The summed E-state index contributed by atoms with van der Waals surface area (Å²) >= 11 is 5.70. The van der Waals surface area contributed by atoms with E-state index in [2.05, 4.69) is 5.32 Å². The lowest BCUT2D eigenvalue weighted by Gasteiger charge is -2.32. The normalized spacial score (nSPS) is 12.3. The van der Waals surface area contributed by atoms with Crippen molar-refractivity contribution in [1.82, 2.24) is 5.32 Å². The van der Waals surface area contributed by atoms with Gasteiger partial charge in [0.05, 0.1) is 66.7 Å². The Morgan fingerprint density at radius 3 is 1.79 bits per heavy atom. The van der Waals surface area contributed by atoms with Gasteiger partial charge >= 0.3 is 0 Å². The standard InChI is InChI=1S/C19H26I3N3O8/c1-9(30)24(3)16-13(20)12(18(33)23-19(6-27,7-28)8-29)14(21)17(15(16)22)25(10(2)31)4-11(32)5-26/h11,26-29,32H,4-8H2,1-3H3,(H,23,33). The molecule has 14 heteroatoms. The lowest BCUT2D eigenvalue weighted by atomic mass is 10.0. The third-order valence-electron chi connectivity index (χ3n) is 4.85. The van der Waals surface area contributed by atoms with E-state index < -0.39 is 49.9 Å². The topological polar surface area (TPSA) is 171 Å². The molecular weight excluding hydrogens is 779 g/mol. The number of halogens is 3. The van der Waals surface area contributed by atoms with Crippen molar-refractivity contribution in [3.63, 3.8) is 0 Å². The van der Waals surface area contributed by atoms with E-state index in [4.69, 9.17) is 0 Å². The Morgan fingerprint density at radius 2 is 1.39 bits per heavy atom. The van der Waals surface area contributed by atoms with Gasteiger partial charge in [0.1, 0.15) is 5.54 Å². The van der Waals surface area contributed by atoms with Crippen LogP contribution in [-0.2, 0) is 9.59 Å². The number of nitrogens with zero attached hydrogens (tertiary/aromatic N) is 2. The minimum Gasteiger partial charge on any atom is -0.394 e. The maximum atomic E-state index is 13.3. The summed E-state index contributed by atoms with van der Waals surface area (Å²) < 4.78 is 1.10. The predicted octanol–water partition coefficient (Wildman–Crippen LogP) is -0.365. The minimum atomic E-state index is -1.70. The number of hydrogen-bond acceptors (Lipinski definition) is 8. The molecule has 0 spiro atoms. The smallest absolute Gasteiger partial charge is 0.254 e. The number of nitrogens with one attached hydrogen (secondary N) is 1. The first kappa shape index (κ1) is 30.7. The van der Waals surface area contributed by atoms with Gasteiger partial charge in [-0.05, 0) is 67.8 Å². The van der Waals surface area contributed by atoms with Gasteiger partial charge in [0.25, 0.3) is 5.91 Å². The summed E-state index contributed by atoms with van der Waals surface area (Å²) in [5.74, 6) is -1.58. The molecule has 1 aromatic rings. The first-order chi connectivity index (χ1) is 15.3. The molecule has 0 radical (unpaired) electrons. The molecule has 0 saturated heterocycles. The van der Waals surface area contributed by atoms with Crippen LogP contribution < -0.4 is 15.1 Å². The highest BCUT2D eigenvalue weighted by Gasteiger charge is 2.35. The number of carbonyl (C=O) groups is 3. The largest absolute Gasteiger partial charge is 0.394 e. The van der Waals surface area contributed by atoms with Crippen molar-refractivity contribution in [3.8, 4) is 0 Å². The number of amides is 3. The Labute approximate surface area is 231 Å². The first-order valence-corrected chi connectivity index (χ1v) is 12.7. The molecule has 0 aliphatic carbocycles. The molecule has 0 saturated carbocycles. The van der Waals surface area contributed by atoms with Crippen LogP contribution in [0.4, 0.5) is 11.4 Å². The summed E-state index contributed by atoms with van der Waals surface area (Å²) in [4.78, 5) is 40.5. The average molecular weight is 805 g/mol. The van der Waals surface area contributed by atoms with Crippen LogP contribution in [0.5, 0.6) is 0 Å². The highest BCUT2D eigenvalue weighted by atomic mass is 127. The Bertz CT molecular complexity index is 903. The number of aliphatic hydroxyl groups excluding tert-OH is 5. The average Bonchev–Trinajstić information content (AvgIpc) is 2.76. The molecule has 3 amide bonds. The lowest BCUT2D eigenvalue weighted by Crippen LogP contribution is -2.57. The van der Waals surface area contributed by atoms with Crippen LogP contribution in [0, 0.1) is 10.7 Å². The van der Waals surface area contributed by atoms with Crippen molar-refractivity contribution in [2.75, 3.05) is 49.8 Å². The van der Waals surface area contributed by atoms with E-state index >= 15 is 0 Å². The van der Waals surface area contributed by atoms with E-state index in [9.17, 15) is 39.9 Å². The van der Waals surface area contributed by atoms with Crippen LogP contribution in [0.3, 0.4) is 0 Å². The van der Waals surface area contributed by atoms with Gasteiger partial charge in [0, 0.05) is 20.9 Å². The van der Waals surface area contributed by atoms with Gasteiger partial charge in [-0.1, -0.05) is 0 Å². The maximum absolute atomic E-state index is 13.3. The van der Waals surface area contributed by atoms with Crippen molar-refractivity contribution in [2.45, 2.75) is 25.5 Å². The summed E-state index contributed by atoms with van der Waals surface area (Å²) in [5.41, 5.74) is -1.09. The molecule has 33 heavy (non-hydrogen) atoms. The number of hydrogen-bond donors (Lipinski definition) is 6. The van der Waals surface area contributed by atoms with E-state index in [1.807, 2.05) is 67.8 Å². The second-order valence-electron chi connectivity index (χ2n) is 7.27. The molecule has 0 bridgehead atoms. The molecular formula is C19H26I3N3O8. The Balaban J connectivity index is 3.94. The lowest BCUT2D eigenvalue weighted by molar-refractivity contribution is -0.117. The SMILES string of the molecule is CC(=O)N(C)c1c(I)c(C(=O)NC(CO)(CO)CO)c(I)c(N(CC(O)CO)C(C)=O)c1I. The minimum absolute atomic E-state index is 0.0409. The fourth-order valence-corrected chi connectivity index (χ4v) is 7.71. The number of aliphatic hydroxyl groups is 5. The fourth-order valence-electron chi connectivity index (χ4n) is 2.74. The number of benzene rings is 1. The quantitative estimate of drug-likeness (QED) is 0.174.